The molecule has 1 aliphatic rings. The van der Waals surface area contributed by atoms with E-state index in [2.05, 4.69) is 45.4 Å². The van der Waals surface area contributed by atoms with Gasteiger partial charge in [0.05, 0.1) is 5.75 Å². The zero-order valence-electron chi connectivity index (χ0n) is 15.7. The first-order chi connectivity index (χ1) is 12.7. The van der Waals surface area contributed by atoms with Gasteiger partial charge >= 0.3 is 0 Å². The van der Waals surface area contributed by atoms with Crippen molar-refractivity contribution in [1.82, 2.24) is 20.1 Å². The minimum absolute atomic E-state index is 0.110. The van der Waals surface area contributed by atoms with Crippen LogP contribution in [0.5, 0.6) is 0 Å². The molecule has 7 heteroatoms. The topological polar surface area (TPSA) is 59.8 Å². The molecular weight excluding hydrogens is 364 g/mol. The Morgan fingerprint density at radius 3 is 2.81 bits per heavy atom. The summed E-state index contributed by atoms with van der Waals surface area (Å²) in [5.41, 5.74) is 1.13. The summed E-state index contributed by atoms with van der Waals surface area (Å²) in [6, 6.07) is 2.56. The van der Waals surface area contributed by atoms with E-state index >= 15 is 0 Å². The highest BCUT2D eigenvalue weighted by Gasteiger charge is 2.18. The molecule has 0 saturated heterocycles. The fourth-order valence-electron chi connectivity index (χ4n) is 3.36. The molecule has 0 spiro atoms. The van der Waals surface area contributed by atoms with Crippen LogP contribution in [0, 0.1) is 0 Å². The van der Waals surface area contributed by atoms with Gasteiger partial charge in [-0.15, -0.1) is 21.5 Å². The first kappa shape index (κ1) is 19.4. The van der Waals surface area contributed by atoms with Crippen LogP contribution in [0.4, 0.5) is 0 Å². The number of aromatic nitrogens is 3. The van der Waals surface area contributed by atoms with Crippen molar-refractivity contribution in [3.63, 3.8) is 0 Å². The predicted octanol–water partition coefficient (Wildman–Crippen LogP) is 4.52. The van der Waals surface area contributed by atoms with Crippen LogP contribution in [-0.4, -0.2) is 32.5 Å². The van der Waals surface area contributed by atoms with E-state index in [9.17, 15) is 4.79 Å². The molecule has 26 heavy (non-hydrogen) atoms. The maximum absolute atomic E-state index is 12.3. The van der Waals surface area contributed by atoms with E-state index < -0.39 is 0 Å². The van der Waals surface area contributed by atoms with Crippen molar-refractivity contribution in [2.24, 2.45) is 0 Å². The minimum Gasteiger partial charge on any atom is -0.353 e. The number of rotatable bonds is 8. The van der Waals surface area contributed by atoms with Gasteiger partial charge in [0.2, 0.25) is 5.91 Å². The molecule has 3 rings (SSSR count). The second-order valence-corrected chi connectivity index (χ2v) is 8.74. The van der Waals surface area contributed by atoms with Gasteiger partial charge in [0.15, 0.2) is 11.0 Å². The number of nitrogens with zero attached hydrogens (tertiary/aromatic N) is 3. The van der Waals surface area contributed by atoms with Crippen LogP contribution in [0.2, 0.25) is 0 Å². The van der Waals surface area contributed by atoms with Crippen molar-refractivity contribution in [3.05, 3.63) is 16.3 Å². The molecule has 1 fully saturated rings. The lowest BCUT2D eigenvalue weighted by atomic mass is 9.95. The Kier molecular flexibility index (Phi) is 7.14. The number of thioether (sulfide) groups is 1. The van der Waals surface area contributed by atoms with E-state index in [0.29, 0.717) is 11.8 Å². The van der Waals surface area contributed by atoms with E-state index in [1.807, 2.05) is 0 Å². The molecule has 5 nitrogen and oxygen atoms in total. The average molecular weight is 393 g/mol. The third kappa shape index (κ3) is 4.88. The van der Waals surface area contributed by atoms with Gasteiger partial charge in [-0.25, -0.2) is 0 Å². The van der Waals surface area contributed by atoms with Crippen molar-refractivity contribution < 1.29 is 4.79 Å². The predicted molar refractivity (Wildman–Crippen MR) is 109 cm³/mol. The van der Waals surface area contributed by atoms with Crippen molar-refractivity contribution >= 4 is 29.0 Å². The van der Waals surface area contributed by atoms with Gasteiger partial charge in [0.25, 0.3) is 0 Å². The lowest BCUT2D eigenvalue weighted by Gasteiger charge is -2.22. The molecule has 142 valence electrons. The van der Waals surface area contributed by atoms with Crippen LogP contribution in [0.15, 0.2) is 16.6 Å². The molecule has 0 radical (unpaired) electrons. The standard InChI is InChI=1S/C19H28N4OS2/c1-3-10-23-18(14-11-16(4-2)25-12-14)21-22-19(23)26-13-17(24)20-15-8-6-5-7-9-15/h11-12,15H,3-10,13H2,1-2H3,(H,20,24). The molecular formula is C19H28N4OS2. The normalized spacial score (nSPS) is 15.3. The summed E-state index contributed by atoms with van der Waals surface area (Å²) in [6.07, 6.45) is 8.04. The molecule has 1 amide bonds. The SMILES string of the molecule is CCCn1c(SCC(=O)NC2CCCCC2)nnc1-c1csc(CC)c1. The van der Waals surface area contributed by atoms with Gasteiger partial charge in [0.1, 0.15) is 0 Å². The molecule has 0 unspecified atom stereocenters. The minimum atomic E-state index is 0.110. The van der Waals surface area contributed by atoms with Crippen molar-refractivity contribution in [2.45, 2.75) is 76.5 Å². The third-order valence-electron chi connectivity index (χ3n) is 4.73. The number of aryl methyl sites for hydroxylation is 1. The molecule has 2 aromatic rings. The highest BCUT2D eigenvalue weighted by atomic mass is 32.2. The maximum atomic E-state index is 12.3. The second kappa shape index (κ2) is 9.55. The number of thiophene rings is 1. The van der Waals surface area contributed by atoms with E-state index in [4.69, 9.17) is 0 Å². The van der Waals surface area contributed by atoms with E-state index in [1.165, 1.54) is 35.9 Å². The highest BCUT2D eigenvalue weighted by Crippen LogP contribution is 2.28. The average Bonchev–Trinajstić information content (AvgIpc) is 3.28. The Balaban J connectivity index is 1.64. The van der Waals surface area contributed by atoms with Crippen molar-refractivity contribution in [2.75, 3.05) is 5.75 Å². The fourth-order valence-corrected chi connectivity index (χ4v) is 4.95. The largest absolute Gasteiger partial charge is 0.353 e. The number of carbonyl (C=O) groups excluding carboxylic acids is 1. The lowest BCUT2D eigenvalue weighted by Crippen LogP contribution is -2.37. The number of hydrogen-bond donors (Lipinski definition) is 1. The van der Waals surface area contributed by atoms with Crippen molar-refractivity contribution in [3.8, 4) is 11.4 Å². The Morgan fingerprint density at radius 1 is 1.31 bits per heavy atom. The monoisotopic (exact) mass is 392 g/mol. The quantitative estimate of drug-likeness (QED) is 0.671. The number of nitrogens with one attached hydrogen (secondary N) is 1. The van der Waals surface area contributed by atoms with Gasteiger partial charge in [-0.1, -0.05) is 44.9 Å². The highest BCUT2D eigenvalue weighted by molar-refractivity contribution is 7.99. The van der Waals surface area contributed by atoms with E-state index in [0.717, 1.165) is 48.8 Å². The Morgan fingerprint density at radius 2 is 2.12 bits per heavy atom. The summed E-state index contributed by atoms with van der Waals surface area (Å²) in [4.78, 5) is 13.6. The molecule has 0 aliphatic heterocycles. The number of amides is 1. The molecule has 0 aromatic carbocycles. The summed E-state index contributed by atoms with van der Waals surface area (Å²) in [6.45, 7) is 5.18. The zero-order chi connectivity index (χ0) is 18.4. The van der Waals surface area contributed by atoms with Crippen LogP contribution in [-0.2, 0) is 17.8 Å². The molecule has 0 bridgehead atoms. The van der Waals surface area contributed by atoms with Crippen LogP contribution in [0.25, 0.3) is 11.4 Å². The first-order valence-corrected chi connectivity index (χ1v) is 11.5. The fraction of sp³-hybridized carbons (Fsp3) is 0.632. The Hall–Kier alpha value is -1.34. The number of carbonyl (C=O) groups is 1. The molecule has 1 saturated carbocycles. The van der Waals surface area contributed by atoms with Crippen LogP contribution >= 0.6 is 23.1 Å². The van der Waals surface area contributed by atoms with Crippen LogP contribution in [0.1, 0.15) is 57.2 Å². The van der Waals surface area contributed by atoms with E-state index in [-0.39, 0.29) is 5.91 Å². The van der Waals surface area contributed by atoms with Gasteiger partial charge in [-0.2, -0.15) is 0 Å². The first-order valence-electron chi connectivity index (χ1n) is 9.64. The summed E-state index contributed by atoms with van der Waals surface area (Å²) in [5, 5.41) is 14.9. The summed E-state index contributed by atoms with van der Waals surface area (Å²) in [7, 11) is 0. The molecule has 1 aliphatic carbocycles. The molecule has 2 heterocycles. The summed E-state index contributed by atoms with van der Waals surface area (Å²) < 4.78 is 2.15. The van der Waals surface area contributed by atoms with Crippen LogP contribution < -0.4 is 5.32 Å². The second-order valence-electron chi connectivity index (χ2n) is 6.80. The summed E-state index contributed by atoms with van der Waals surface area (Å²) >= 11 is 3.26. The molecule has 2 aromatic heterocycles. The Labute approximate surface area is 164 Å². The van der Waals surface area contributed by atoms with Gasteiger partial charge in [-0.3, -0.25) is 4.79 Å². The maximum Gasteiger partial charge on any atom is 0.230 e. The van der Waals surface area contributed by atoms with Gasteiger partial charge in [0, 0.05) is 28.4 Å². The van der Waals surface area contributed by atoms with Crippen LogP contribution in [0.3, 0.4) is 0 Å². The zero-order valence-corrected chi connectivity index (χ0v) is 17.3. The van der Waals surface area contributed by atoms with Crippen molar-refractivity contribution in [1.29, 1.82) is 0 Å². The molecule has 1 N–H and O–H groups in total. The third-order valence-corrected chi connectivity index (χ3v) is 6.77. The van der Waals surface area contributed by atoms with Gasteiger partial charge < -0.3 is 9.88 Å². The lowest BCUT2D eigenvalue weighted by molar-refractivity contribution is -0.119. The van der Waals surface area contributed by atoms with Gasteiger partial charge in [-0.05, 0) is 31.7 Å². The number of hydrogen-bond acceptors (Lipinski definition) is 5. The smallest absolute Gasteiger partial charge is 0.230 e. The Bertz CT molecular complexity index is 719. The molecule has 0 atom stereocenters. The van der Waals surface area contributed by atoms with E-state index in [1.54, 1.807) is 11.3 Å². The summed E-state index contributed by atoms with van der Waals surface area (Å²) in [5.74, 6) is 1.43.